The zero-order valence-corrected chi connectivity index (χ0v) is 21.6. The maximum absolute atomic E-state index is 13.7. The van der Waals surface area contributed by atoms with Gasteiger partial charge in [-0.25, -0.2) is 5.01 Å². The van der Waals surface area contributed by atoms with Gasteiger partial charge in [-0.05, 0) is 19.1 Å². The zero-order chi connectivity index (χ0) is 27.2. The first-order chi connectivity index (χ1) is 17.5. The molecule has 0 N–H and O–H groups in total. The van der Waals surface area contributed by atoms with Crippen molar-refractivity contribution >= 4 is 75.6 Å². The van der Waals surface area contributed by atoms with E-state index in [1.165, 1.54) is 19.1 Å². The van der Waals surface area contributed by atoms with Gasteiger partial charge in [0, 0.05) is 23.3 Å². The van der Waals surface area contributed by atoms with Gasteiger partial charge in [0.05, 0.1) is 36.1 Å². The van der Waals surface area contributed by atoms with Gasteiger partial charge in [-0.2, -0.15) is 5.01 Å². The molecule has 0 saturated heterocycles. The van der Waals surface area contributed by atoms with E-state index in [0.29, 0.717) is 10.0 Å². The molecule has 3 amide bonds. The molecular weight excluding hydrogens is 568 g/mol. The second-order valence-corrected chi connectivity index (χ2v) is 9.30. The zero-order valence-electron chi connectivity index (χ0n) is 18.6. The standard InChI is InChI=1S/C24H13Cl4N3O6/c1-11(21(32)12-5-3-2-4-6-12)29(22(33)13-7-9-14(10-8-13)31(36)37)30-23(34)15-16(24(30)35)18(26)20(28)19(27)17(15)25/h2-11H,1H3/t11-/m0/s1. The maximum Gasteiger partial charge on any atom is 0.282 e. The van der Waals surface area contributed by atoms with E-state index in [0.717, 1.165) is 24.3 Å². The van der Waals surface area contributed by atoms with Gasteiger partial charge in [0.25, 0.3) is 23.4 Å². The Balaban J connectivity index is 1.86. The number of Topliss-reactive ketones (excluding diaryl/α,β-unsaturated/α-hetero) is 1. The molecule has 0 bridgehead atoms. The Morgan fingerprint density at radius 2 is 1.30 bits per heavy atom. The number of carbonyl (C=O) groups is 4. The molecule has 37 heavy (non-hydrogen) atoms. The molecule has 0 radical (unpaired) electrons. The van der Waals surface area contributed by atoms with Crippen molar-refractivity contribution in [1.82, 2.24) is 10.0 Å². The Kier molecular flexibility index (Phi) is 7.25. The van der Waals surface area contributed by atoms with E-state index in [1.54, 1.807) is 18.2 Å². The number of nitro groups is 1. The molecule has 0 unspecified atom stereocenters. The number of imide groups is 1. The molecule has 0 spiro atoms. The van der Waals surface area contributed by atoms with Gasteiger partial charge in [0.15, 0.2) is 5.78 Å². The van der Waals surface area contributed by atoms with Crippen LogP contribution in [0.3, 0.4) is 0 Å². The third kappa shape index (κ3) is 4.44. The van der Waals surface area contributed by atoms with E-state index in [4.69, 9.17) is 46.4 Å². The van der Waals surface area contributed by atoms with Crippen LogP contribution in [0.25, 0.3) is 0 Å². The van der Waals surface area contributed by atoms with Crippen LogP contribution in [0, 0.1) is 10.1 Å². The van der Waals surface area contributed by atoms with Crippen LogP contribution in [0.5, 0.6) is 0 Å². The summed E-state index contributed by atoms with van der Waals surface area (Å²) < 4.78 is 0. The molecule has 1 aliphatic rings. The normalized spacial score (nSPS) is 13.4. The van der Waals surface area contributed by atoms with Crippen molar-refractivity contribution in [3.05, 3.63) is 107 Å². The number of hydrogen-bond acceptors (Lipinski definition) is 6. The maximum atomic E-state index is 13.7. The minimum absolute atomic E-state index is 0.136. The third-order valence-electron chi connectivity index (χ3n) is 5.63. The van der Waals surface area contributed by atoms with Crippen LogP contribution in [0.2, 0.25) is 20.1 Å². The number of non-ortho nitro benzene ring substituents is 1. The predicted molar refractivity (Wildman–Crippen MR) is 136 cm³/mol. The monoisotopic (exact) mass is 579 g/mol. The number of benzene rings is 3. The van der Waals surface area contributed by atoms with Gasteiger partial charge in [0.1, 0.15) is 6.04 Å². The van der Waals surface area contributed by atoms with Gasteiger partial charge in [-0.15, -0.1) is 0 Å². The molecule has 0 aromatic heterocycles. The highest BCUT2D eigenvalue weighted by atomic mass is 35.5. The molecule has 188 valence electrons. The first-order valence-corrected chi connectivity index (χ1v) is 11.9. The molecule has 0 saturated carbocycles. The Bertz CT molecular complexity index is 1450. The SMILES string of the molecule is C[C@@H](C(=O)c1ccccc1)N(C(=O)c1ccc([N+](=O)[O-])cc1)N1C(=O)c2c(Cl)c(Cl)c(Cl)c(Cl)c2C1=O. The van der Waals surface area contributed by atoms with Crippen molar-refractivity contribution in [2.45, 2.75) is 13.0 Å². The van der Waals surface area contributed by atoms with Crippen LogP contribution in [-0.4, -0.2) is 44.5 Å². The van der Waals surface area contributed by atoms with E-state index in [2.05, 4.69) is 0 Å². The lowest BCUT2D eigenvalue weighted by atomic mass is 10.0. The fraction of sp³-hybridized carbons (Fsp3) is 0.0833. The number of halogens is 4. The molecule has 1 heterocycles. The van der Waals surface area contributed by atoms with Crippen LogP contribution in [0.15, 0.2) is 54.6 Å². The Labute approximate surface area is 229 Å². The van der Waals surface area contributed by atoms with Crippen molar-refractivity contribution in [1.29, 1.82) is 0 Å². The Hall–Kier alpha value is -3.50. The quantitative estimate of drug-likeness (QED) is 0.0863. The highest BCUT2D eigenvalue weighted by Gasteiger charge is 2.48. The van der Waals surface area contributed by atoms with E-state index in [9.17, 15) is 29.3 Å². The number of nitro benzene ring substituents is 1. The second kappa shape index (κ2) is 10.1. The molecule has 0 aliphatic carbocycles. The topological polar surface area (TPSA) is 118 Å². The average Bonchev–Trinajstić information content (AvgIpc) is 3.16. The largest absolute Gasteiger partial charge is 0.292 e. The number of amides is 3. The van der Waals surface area contributed by atoms with Crippen LogP contribution >= 0.6 is 46.4 Å². The second-order valence-electron chi connectivity index (χ2n) is 7.79. The molecule has 9 nitrogen and oxygen atoms in total. The molecular formula is C24H13Cl4N3O6. The highest BCUT2D eigenvalue weighted by Crippen LogP contribution is 2.45. The number of rotatable bonds is 6. The summed E-state index contributed by atoms with van der Waals surface area (Å²) in [6.45, 7) is 1.32. The first-order valence-electron chi connectivity index (χ1n) is 10.4. The summed E-state index contributed by atoms with van der Waals surface area (Å²) in [5.74, 6) is -3.69. The summed E-state index contributed by atoms with van der Waals surface area (Å²) in [5, 5.41) is 10.9. The van der Waals surface area contributed by atoms with E-state index in [1.807, 2.05) is 0 Å². The number of carbonyl (C=O) groups excluding carboxylic acids is 4. The molecule has 1 atom stereocenters. The smallest absolute Gasteiger partial charge is 0.282 e. The average molecular weight is 581 g/mol. The summed E-state index contributed by atoms with van der Waals surface area (Å²) in [7, 11) is 0. The van der Waals surface area contributed by atoms with Crippen molar-refractivity contribution in [3.63, 3.8) is 0 Å². The molecule has 3 aromatic rings. The first kappa shape index (κ1) is 26.6. The van der Waals surface area contributed by atoms with E-state index < -0.39 is 34.5 Å². The van der Waals surface area contributed by atoms with Gasteiger partial charge >= 0.3 is 0 Å². The van der Waals surface area contributed by atoms with E-state index in [-0.39, 0.29) is 48.0 Å². The van der Waals surface area contributed by atoms with Gasteiger partial charge in [-0.1, -0.05) is 76.7 Å². The van der Waals surface area contributed by atoms with Crippen molar-refractivity contribution in [2.75, 3.05) is 0 Å². The summed E-state index contributed by atoms with van der Waals surface area (Å²) in [5.41, 5.74) is -0.989. The molecule has 4 rings (SSSR count). The van der Waals surface area contributed by atoms with Crippen molar-refractivity contribution in [2.24, 2.45) is 0 Å². The third-order valence-corrected chi connectivity index (χ3v) is 7.43. The summed E-state index contributed by atoms with van der Waals surface area (Å²) in [4.78, 5) is 64.4. The fourth-order valence-corrected chi connectivity index (χ4v) is 4.80. The van der Waals surface area contributed by atoms with Crippen molar-refractivity contribution in [3.8, 4) is 0 Å². The van der Waals surface area contributed by atoms with Crippen LogP contribution < -0.4 is 0 Å². The number of hydrazine groups is 1. The van der Waals surface area contributed by atoms with Crippen LogP contribution in [-0.2, 0) is 0 Å². The molecule has 1 aliphatic heterocycles. The number of ketones is 1. The highest BCUT2D eigenvalue weighted by molar-refractivity contribution is 6.55. The lowest BCUT2D eigenvalue weighted by molar-refractivity contribution is -0.384. The van der Waals surface area contributed by atoms with Crippen LogP contribution in [0.1, 0.15) is 48.4 Å². The van der Waals surface area contributed by atoms with Crippen molar-refractivity contribution < 1.29 is 24.1 Å². The van der Waals surface area contributed by atoms with Gasteiger partial charge in [-0.3, -0.25) is 29.3 Å². The van der Waals surface area contributed by atoms with E-state index >= 15 is 0 Å². The lowest BCUT2D eigenvalue weighted by Gasteiger charge is -2.34. The number of hydrogen-bond donors (Lipinski definition) is 0. The van der Waals surface area contributed by atoms with Gasteiger partial charge < -0.3 is 0 Å². The molecule has 13 heteroatoms. The summed E-state index contributed by atoms with van der Waals surface area (Å²) >= 11 is 24.6. The fourth-order valence-electron chi connectivity index (χ4n) is 3.79. The lowest BCUT2D eigenvalue weighted by Crippen LogP contribution is -2.56. The summed E-state index contributed by atoms with van der Waals surface area (Å²) in [6, 6.07) is 10.9. The number of nitrogens with zero attached hydrogens (tertiary/aromatic N) is 3. The van der Waals surface area contributed by atoms with Crippen LogP contribution in [0.4, 0.5) is 5.69 Å². The van der Waals surface area contributed by atoms with Gasteiger partial charge in [0.2, 0.25) is 0 Å². The molecule has 0 fully saturated rings. The molecule has 3 aromatic carbocycles. The Morgan fingerprint density at radius 1 is 0.811 bits per heavy atom. The minimum Gasteiger partial charge on any atom is -0.292 e. The summed E-state index contributed by atoms with van der Waals surface area (Å²) in [6.07, 6.45) is 0. The predicted octanol–water partition coefficient (Wildman–Crippen LogP) is 6.13. The number of fused-ring (bicyclic) bond motifs is 1. The minimum atomic E-state index is -1.39. The Morgan fingerprint density at radius 3 is 1.76 bits per heavy atom.